The summed E-state index contributed by atoms with van der Waals surface area (Å²) in [5.74, 6) is 2.28. The molecule has 2 heteroatoms. The number of fused-ring (bicyclic) bond motifs is 1. The van der Waals surface area contributed by atoms with Gasteiger partial charge in [0.15, 0.2) is 0 Å². The molecule has 1 aromatic carbocycles. The van der Waals surface area contributed by atoms with Crippen molar-refractivity contribution in [2.45, 2.75) is 39.2 Å². The predicted octanol–water partition coefficient (Wildman–Crippen LogP) is 3.22. The minimum Gasteiger partial charge on any atom is -0.349 e. The van der Waals surface area contributed by atoms with Crippen LogP contribution in [0, 0.1) is 24.7 Å². The van der Waals surface area contributed by atoms with Gasteiger partial charge in [-0.05, 0) is 56.1 Å². The van der Waals surface area contributed by atoms with Gasteiger partial charge in [-0.25, -0.2) is 0 Å². The van der Waals surface area contributed by atoms with Crippen LogP contribution in [0.3, 0.4) is 0 Å². The van der Waals surface area contributed by atoms with Crippen LogP contribution < -0.4 is 5.32 Å². The number of benzene rings is 1. The van der Waals surface area contributed by atoms with Gasteiger partial charge in [0.2, 0.25) is 5.91 Å². The highest BCUT2D eigenvalue weighted by atomic mass is 16.1. The van der Waals surface area contributed by atoms with E-state index in [-0.39, 0.29) is 17.9 Å². The maximum Gasteiger partial charge on any atom is 0.223 e. The molecule has 3 atom stereocenters. The third-order valence-corrected chi connectivity index (χ3v) is 4.63. The summed E-state index contributed by atoms with van der Waals surface area (Å²) < 4.78 is 0. The molecule has 0 bridgehead atoms. The molecule has 2 fully saturated rings. The molecule has 3 unspecified atom stereocenters. The highest BCUT2D eigenvalue weighted by molar-refractivity contribution is 5.79. The Hall–Kier alpha value is -1.31. The quantitative estimate of drug-likeness (QED) is 0.867. The van der Waals surface area contributed by atoms with Gasteiger partial charge in [0.05, 0.1) is 6.04 Å². The highest BCUT2D eigenvalue weighted by Crippen LogP contribution is 2.54. The van der Waals surface area contributed by atoms with Crippen LogP contribution in [0.25, 0.3) is 0 Å². The molecule has 1 N–H and O–H groups in total. The Morgan fingerprint density at radius 2 is 1.89 bits per heavy atom. The zero-order valence-electron chi connectivity index (χ0n) is 11.1. The summed E-state index contributed by atoms with van der Waals surface area (Å²) in [5.41, 5.74) is 2.48. The van der Waals surface area contributed by atoms with Crippen molar-refractivity contribution in [3.05, 3.63) is 35.4 Å². The van der Waals surface area contributed by atoms with Crippen molar-refractivity contribution in [1.82, 2.24) is 5.32 Å². The van der Waals surface area contributed by atoms with Crippen LogP contribution in [0.2, 0.25) is 0 Å². The molecular weight excluding hydrogens is 222 g/mol. The third-order valence-electron chi connectivity index (χ3n) is 4.63. The van der Waals surface area contributed by atoms with Crippen LogP contribution in [0.1, 0.15) is 43.4 Å². The molecule has 0 aliphatic heterocycles. The van der Waals surface area contributed by atoms with Crippen molar-refractivity contribution in [3.63, 3.8) is 0 Å². The smallest absolute Gasteiger partial charge is 0.223 e. The summed E-state index contributed by atoms with van der Waals surface area (Å²) in [5, 5.41) is 3.18. The summed E-state index contributed by atoms with van der Waals surface area (Å²) in [7, 11) is 0. The topological polar surface area (TPSA) is 29.1 Å². The Kier molecular flexibility index (Phi) is 2.89. The molecule has 0 radical (unpaired) electrons. The lowest BCUT2D eigenvalue weighted by molar-refractivity contribution is -0.125. The van der Waals surface area contributed by atoms with E-state index in [2.05, 4.69) is 31.3 Å². The molecule has 0 heterocycles. The monoisotopic (exact) mass is 243 g/mol. The number of carbonyl (C=O) groups excluding carboxylic acids is 1. The van der Waals surface area contributed by atoms with Crippen molar-refractivity contribution in [2.24, 2.45) is 17.8 Å². The number of aryl methyl sites for hydroxylation is 1. The summed E-state index contributed by atoms with van der Waals surface area (Å²) >= 11 is 0. The van der Waals surface area contributed by atoms with E-state index in [1.54, 1.807) is 0 Å². The number of hydrogen-bond donors (Lipinski definition) is 1. The van der Waals surface area contributed by atoms with Crippen LogP contribution >= 0.6 is 0 Å². The van der Waals surface area contributed by atoms with Crippen molar-refractivity contribution >= 4 is 5.91 Å². The lowest BCUT2D eigenvalue weighted by Crippen LogP contribution is -2.32. The number of amides is 1. The largest absolute Gasteiger partial charge is 0.349 e. The second-order valence-electron chi connectivity index (χ2n) is 6.01. The van der Waals surface area contributed by atoms with Crippen LogP contribution in [0.4, 0.5) is 0 Å². The first-order valence-electron chi connectivity index (χ1n) is 7.01. The first-order valence-corrected chi connectivity index (χ1v) is 7.01. The normalized spacial score (nSPS) is 30.7. The third kappa shape index (κ3) is 2.16. The van der Waals surface area contributed by atoms with Gasteiger partial charge < -0.3 is 5.32 Å². The number of carbonyl (C=O) groups is 1. The van der Waals surface area contributed by atoms with Crippen LogP contribution in [0.15, 0.2) is 24.3 Å². The lowest BCUT2D eigenvalue weighted by Gasteiger charge is -2.19. The SMILES string of the molecule is Cc1ccccc1C(C)NC(=O)C1CC2CC2C1. The van der Waals surface area contributed by atoms with Gasteiger partial charge in [-0.3, -0.25) is 4.79 Å². The Labute approximate surface area is 109 Å². The molecule has 2 saturated carbocycles. The Morgan fingerprint density at radius 1 is 1.22 bits per heavy atom. The minimum atomic E-state index is 0.121. The fourth-order valence-electron chi connectivity index (χ4n) is 3.41. The van der Waals surface area contributed by atoms with Gasteiger partial charge in [0.1, 0.15) is 0 Å². The van der Waals surface area contributed by atoms with Gasteiger partial charge in [-0.1, -0.05) is 24.3 Å². The Morgan fingerprint density at radius 3 is 2.56 bits per heavy atom. The summed E-state index contributed by atoms with van der Waals surface area (Å²) in [6.07, 6.45) is 3.62. The Bertz CT molecular complexity index is 458. The zero-order chi connectivity index (χ0) is 12.7. The second kappa shape index (κ2) is 4.42. The van der Waals surface area contributed by atoms with Gasteiger partial charge >= 0.3 is 0 Å². The Balaban J connectivity index is 1.62. The number of rotatable bonds is 3. The fourth-order valence-corrected chi connectivity index (χ4v) is 3.41. The first kappa shape index (κ1) is 11.8. The molecule has 18 heavy (non-hydrogen) atoms. The predicted molar refractivity (Wildman–Crippen MR) is 72.1 cm³/mol. The van der Waals surface area contributed by atoms with E-state index in [0.29, 0.717) is 0 Å². The van der Waals surface area contributed by atoms with Crippen LogP contribution in [-0.4, -0.2) is 5.91 Å². The number of hydrogen-bond acceptors (Lipinski definition) is 1. The van der Waals surface area contributed by atoms with E-state index >= 15 is 0 Å². The van der Waals surface area contributed by atoms with E-state index in [4.69, 9.17) is 0 Å². The summed E-state index contributed by atoms with van der Waals surface area (Å²) in [6.45, 7) is 4.18. The van der Waals surface area contributed by atoms with Crippen LogP contribution in [0.5, 0.6) is 0 Å². The molecule has 3 rings (SSSR count). The van der Waals surface area contributed by atoms with Gasteiger partial charge in [-0.2, -0.15) is 0 Å². The van der Waals surface area contributed by atoms with Crippen LogP contribution in [-0.2, 0) is 4.79 Å². The molecule has 2 aliphatic rings. The molecule has 1 amide bonds. The molecule has 0 aromatic heterocycles. The van der Waals surface area contributed by atoms with Crippen molar-refractivity contribution in [3.8, 4) is 0 Å². The van der Waals surface area contributed by atoms with Crippen molar-refractivity contribution in [1.29, 1.82) is 0 Å². The molecule has 2 nitrogen and oxygen atoms in total. The van der Waals surface area contributed by atoms with Gasteiger partial charge in [0, 0.05) is 5.92 Å². The van der Waals surface area contributed by atoms with E-state index in [1.165, 1.54) is 17.5 Å². The molecular formula is C16H21NO. The highest BCUT2D eigenvalue weighted by Gasteiger charge is 2.48. The number of nitrogens with one attached hydrogen (secondary N) is 1. The summed E-state index contributed by atoms with van der Waals surface area (Å²) in [6, 6.07) is 8.40. The minimum absolute atomic E-state index is 0.121. The van der Waals surface area contributed by atoms with E-state index in [1.807, 2.05) is 12.1 Å². The molecule has 1 aromatic rings. The molecule has 0 saturated heterocycles. The average Bonchev–Trinajstić information content (AvgIpc) is 2.96. The van der Waals surface area contributed by atoms with Crippen molar-refractivity contribution in [2.75, 3.05) is 0 Å². The lowest BCUT2D eigenvalue weighted by atomic mass is 9.99. The van der Waals surface area contributed by atoms with Gasteiger partial charge in [0.25, 0.3) is 0 Å². The van der Waals surface area contributed by atoms with Gasteiger partial charge in [-0.15, -0.1) is 0 Å². The molecule has 96 valence electrons. The first-order chi connectivity index (χ1) is 8.65. The average molecular weight is 243 g/mol. The standard InChI is InChI=1S/C16H21NO/c1-10-5-3-4-6-15(10)11(2)17-16(18)14-8-12-7-13(12)9-14/h3-6,11-14H,7-9H2,1-2H3,(H,17,18). The van der Waals surface area contributed by atoms with E-state index in [9.17, 15) is 4.79 Å². The van der Waals surface area contributed by atoms with Crippen molar-refractivity contribution < 1.29 is 4.79 Å². The molecule has 0 spiro atoms. The van der Waals surface area contributed by atoms with E-state index < -0.39 is 0 Å². The summed E-state index contributed by atoms with van der Waals surface area (Å²) in [4.78, 5) is 12.2. The second-order valence-corrected chi connectivity index (χ2v) is 6.01. The fraction of sp³-hybridized carbons (Fsp3) is 0.562. The maximum atomic E-state index is 12.2. The van der Waals surface area contributed by atoms with E-state index in [0.717, 1.165) is 24.7 Å². The zero-order valence-corrected chi connectivity index (χ0v) is 11.1. The maximum absolute atomic E-state index is 12.2. The molecule has 2 aliphatic carbocycles.